The van der Waals surface area contributed by atoms with E-state index in [9.17, 15) is 20.1 Å². The summed E-state index contributed by atoms with van der Waals surface area (Å²) in [6, 6.07) is 7.66. The number of benzene rings is 1. The first-order valence-electron chi connectivity index (χ1n) is 14.5. The van der Waals surface area contributed by atoms with Crippen molar-refractivity contribution in [3.63, 3.8) is 0 Å². The highest BCUT2D eigenvalue weighted by Crippen LogP contribution is 2.35. The van der Waals surface area contributed by atoms with Crippen LogP contribution in [0.1, 0.15) is 45.1 Å². The molecule has 3 aliphatic rings. The Labute approximate surface area is 247 Å². The molecule has 8 nitrogen and oxygen atoms in total. The van der Waals surface area contributed by atoms with E-state index in [1.165, 1.54) is 22.9 Å². The fraction of sp³-hybridized carbons (Fsp3) is 0.700. The number of rotatable bonds is 10. The lowest BCUT2D eigenvalue weighted by atomic mass is 9.92. The summed E-state index contributed by atoms with van der Waals surface area (Å²) >= 11 is 2.89. The number of aliphatic hydroxyl groups is 3. The van der Waals surface area contributed by atoms with Crippen molar-refractivity contribution in [1.29, 1.82) is 0 Å². The van der Waals surface area contributed by atoms with Gasteiger partial charge in [0.15, 0.2) is 0 Å². The average Bonchev–Trinajstić information content (AvgIpc) is 3.31. The van der Waals surface area contributed by atoms with Gasteiger partial charge in [0.1, 0.15) is 29.9 Å². The molecular formula is C30H47N3O5S2. The number of nitrogens with zero attached hydrogens (tertiary/aromatic N) is 2. The second-order valence-electron chi connectivity index (χ2n) is 11.7. The zero-order valence-electron chi connectivity index (χ0n) is 24.4. The van der Waals surface area contributed by atoms with E-state index < -0.39 is 35.9 Å². The number of carbonyl (C=O) groups excluding carboxylic acids is 1. The molecule has 0 aliphatic carbocycles. The van der Waals surface area contributed by atoms with Gasteiger partial charge in [0.2, 0.25) is 5.91 Å². The molecule has 1 aromatic carbocycles. The zero-order valence-corrected chi connectivity index (χ0v) is 26.0. The van der Waals surface area contributed by atoms with Crippen LogP contribution in [0.25, 0.3) is 5.57 Å². The molecule has 3 aliphatic heterocycles. The first-order valence-corrected chi connectivity index (χ1v) is 16.7. The third-order valence-corrected chi connectivity index (χ3v) is 10.6. The summed E-state index contributed by atoms with van der Waals surface area (Å²) in [5.74, 6) is 0.405. The molecule has 0 saturated carbocycles. The van der Waals surface area contributed by atoms with Crippen LogP contribution >= 0.6 is 23.5 Å². The van der Waals surface area contributed by atoms with Crippen LogP contribution in [0.2, 0.25) is 0 Å². The van der Waals surface area contributed by atoms with Crippen molar-refractivity contribution in [1.82, 2.24) is 15.1 Å². The van der Waals surface area contributed by atoms with Crippen molar-refractivity contribution in [2.24, 2.45) is 5.92 Å². The molecule has 0 spiro atoms. The summed E-state index contributed by atoms with van der Waals surface area (Å²) in [4.78, 5) is 19.1. The Hall–Kier alpha value is -1.11. The van der Waals surface area contributed by atoms with Crippen LogP contribution in [0.3, 0.4) is 0 Å². The van der Waals surface area contributed by atoms with Crippen molar-refractivity contribution in [3.05, 3.63) is 35.9 Å². The van der Waals surface area contributed by atoms with Crippen molar-refractivity contribution in [2.75, 3.05) is 40.0 Å². The van der Waals surface area contributed by atoms with Crippen molar-refractivity contribution < 1.29 is 24.9 Å². The monoisotopic (exact) mass is 593 g/mol. The van der Waals surface area contributed by atoms with E-state index in [1.807, 2.05) is 14.0 Å². The normalized spacial score (nSPS) is 33.4. The Bertz CT molecular complexity index is 1010. The lowest BCUT2D eigenvalue weighted by Gasteiger charge is -2.44. The van der Waals surface area contributed by atoms with E-state index in [2.05, 4.69) is 59.4 Å². The second-order valence-corrected chi connectivity index (χ2v) is 14.0. The van der Waals surface area contributed by atoms with Crippen LogP contribution in [-0.2, 0) is 9.53 Å². The minimum atomic E-state index is -1.36. The molecule has 1 amide bonds. The van der Waals surface area contributed by atoms with Crippen LogP contribution in [0.4, 0.5) is 0 Å². The van der Waals surface area contributed by atoms with Gasteiger partial charge in [-0.15, -0.1) is 23.5 Å². The minimum Gasteiger partial charge on any atom is -0.388 e. The first kappa shape index (κ1) is 31.8. The quantitative estimate of drug-likeness (QED) is 0.305. The third-order valence-electron chi connectivity index (χ3n) is 8.53. The van der Waals surface area contributed by atoms with Gasteiger partial charge in [-0.1, -0.05) is 38.5 Å². The van der Waals surface area contributed by atoms with E-state index in [1.54, 1.807) is 18.0 Å². The number of hydrogen-bond acceptors (Lipinski definition) is 9. The fourth-order valence-corrected chi connectivity index (χ4v) is 8.03. The van der Waals surface area contributed by atoms with Gasteiger partial charge in [-0.25, -0.2) is 0 Å². The van der Waals surface area contributed by atoms with Gasteiger partial charge in [0.05, 0.1) is 12.1 Å². The van der Waals surface area contributed by atoms with Gasteiger partial charge >= 0.3 is 0 Å². The number of carbonyl (C=O) groups is 1. The molecule has 1 aromatic rings. The highest BCUT2D eigenvalue weighted by molar-refractivity contribution is 8.00. The minimum absolute atomic E-state index is 0.0839. The van der Waals surface area contributed by atoms with Gasteiger partial charge in [-0.05, 0) is 68.8 Å². The molecule has 0 bridgehead atoms. The van der Waals surface area contributed by atoms with Crippen LogP contribution < -0.4 is 5.32 Å². The molecular weight excluding hydrogens is 546 g/mol. The molecule has 2 saturated heterocycles. The van der Waals surface area contributed by atoms with Crippen molar-refractivity contribution in [2.45, 2.75) is 91.6 Å². The number of aliphatic hydroxyl groups excluding tert-OH is 3. The summed E-state index contributed by atoms with van der Waals surface area (Å²) in [6.45, 7) is 7.09. The lowest BCUT2D eigenvalue weighted by molar-refractivity contribution is -0.205. The molecule has 0 radical (unpaired) electrons. The second kappa shape index (κ2) is 14.4. The van der Waals surface area contributed by atoms with Crippen LogP contribution in [0.5, 0.6) is 0 Å². The number of amides is 1. The van der Waals surface area contributed by atoms with Crippen molar-refractivity contribution in [3.8, 4) is 0 Å². The number of thioether (sulfide) groups is 2. The molecule has 4 N–H and O–H groups in total. The Morgan fingerprint density at radius 2 is 1.88 bits per heavy atom. The third kappa shape index (κ3) is 7.45. The SMILES string of the molecule is CCC[C@@H]1C[C@@H](C(=O)NC([C@H]2O[C@H](SC)[C@H](O)[C@@H](O)[C@H]2O)[C@@H](C)Sc2ccc(C3=CCCN(C)C3)cc2)N(C)C1. The Morgan fingerprint density at radius 3 is 2.52 bits per heavy atom. The predicted octanol–water partition coefficient (Wildman–Crippen LogP) is 2.66. The topological polar surface area (TPSA) is 106 Å². The molecule has 2 fully saturated rings. The van der Waals surface area contributed by atoms with Gasteiger partial charge in [0.25, 0.3) is 0 Å². The lowest BCUT2D eigenvalue weighted by Crippen LogP contribution is -2.65. The smallest absolute Gasteiger partial charge is 0.237 e. The molecule has 10 heteroatoms. The number of likely N-dealkylation sites (tertiary alicyclic amines) is 1. The van der Waals surface area contributed by atoms with Gasteiger partial charge in [-0.2, -0.15) is 0 Å². The first-order chi connectivity index (χ1) is 19.1. The molecule has 3 heterocycles. The van der Waals surface area contributed by atoms with E-state index in [-0.39, 0.29) is 17.2 Å². The molecule has 224 valence electrons. The molecule has 40 heavy (non-hydrogen) atoms. The van der Waals surface area contributed by atoms with E-state index in [0.29, 0.717) is 5.92 Å². The summed E-state index contributed by atoms with van der Waals surface area (Å²) in [5.41, 5.74) is 1.84. The van der Waals surface area contributed by atoms with Gasteiger partial charge in [-0.3, -0.25) is 9.69 Å². The highest BCUT2D eigenvalue weighted by Gasteiger charge is 2.48. The Morgan fingerprint density at radius 1 is 1.15 bits per heavy atom. The maximum absolute atomic E-state index is 13.6. The van der Waals surface area contributed by atoms with Crippen LogP contribution in [-0.4, -0.2) is 118 Å². The van der Waals surface area contributed by atoms with Gasteiger partial charge in [0, 0.05) is 29.8 Å². The maximum atomic E-state index is 13.6. The van der Waals surface area contributed by atoms with Crippen LogP contribution in [0, 0.1) is 5.92 Å². The molecule has 9 atom stereocenters. The average molecular weight is 594 g/mol. The predicted molar refractivity (Wildman–Crippen MR) is 163 cm³/mol. The maximum Gasteiger partial charge on any atom is 0.237 e. The molecule has 4 rings (SSSR count). The molecule has 1 unspecified atom stereocenters. The summed E-state index contributed by atoms with van der Waals surface area (Å²) in [7, 11) is 4.13. The largest absolute Gasteiger partial charge is 0.388 e. The van der Waals surface area contributed by atoms with Gasteiger partial charge < -0.3 is 30.3 Å². The number of likely N-dealkylation sites (N-methyl/N-ethyl adjacent to an activating group) is 2. The van der Waals surface area contributed by atoms with E-state index >= 15 is 0 Å². The fourth-order valence-electron chi connectivity index (χ4n) is 6.26. The van der Waals surface area contributed by atoms with Crippen LogP contribution in [0.15, 0.2) is 35.2 Å². The number of ether oxygens (including phenoxy) is 1. The zero-order chi connectivity index (χ0) is 29.0. The molecule has 0 aromatic heterocycles. The standard InChI is InChI=1S/C30H47N3O5S2/c1-6-8-19-15-23(33(4)16-19)29(37)31-24(28-26(35)25(34)27(36)30(38-28)39-5)18(2)40-22-12-10-20(11-13-22)21-9-7-14-32(3)17-21/h9-13,18-19,23-28,30,34-36H,6-8,14-17H2,1-5H3,(H,31,37)/t18-,19-,23+,24?,25+,26-,27-,28-,30-/m1/s1. The number of nitrogens with one attached hydrogen (secondary N) is 1. The number of hydrogen-bond donors (Lipinski definition) is 4. The Balaban J connectivity index is 1.52. The van der Waals surface area contributed by atoms with Crippen molar-refractivity contribution >= 4 is 35.0 Å². The summed E-state index contributed by atoms with van der Waals surface area (Å²) in [5, 5.41) is 35.2. The van der Waals surface area contributed by atoms with E-state index in [0.717, 1.165) is 50.2 Å². The van der Waals surface area contributed by atoms with E-state index in [4.69, 9.17) is 4.74 Å². The summed E-state index contributed by atoms with van der Waals surface area (Å²) < 4.78 is 6.16. The highest BCUT2D eigenvalue weighted by atomic mass is 32.2. The summed E-state index contributed by atoms with van der Waals surface area (Å²) in [6.07, 6.45) is 3.37. The Kier molecular flexibility index (Phi) is 11.4.